The fourth-order valence-electron chi connectivity index (χ4n) is 4.38. The van der Waals surface area contributed by atoms with E-state index in [1.807, 2.05) is 6.92 Å². The number of fused-ring (bicyclic) bond motifs is 1. The minimum Gasteiger partial charge on any atom is -0.282 e. The summed E-state index contributed by atoms with van der Waals surface area (Å²) in [5.41, 5.74) is -0.102. The highest BCUT2D eigenvalue weighted by atomic mass is 32.2. The number of benzene rings is 2. The number of hydrogen-bond acceptors (Lipinski definition) is 6. The third kappa shape index (κ3) is 6.98. The molecule has 0 fully saturated rings. The van der Waals surface area contributed by atoms with Gasteiger partial charge in [-0.15, -0.1) is 0 Å². The Kier molecular flexibility index (Phi) is 9.65. The third-order valence-electron chi connectivity index (χ3n) is 5.88. The number of hydrogen-bond donors (Lipinski definition) is 3. The molecule has 1 atom stereocenters. The lowest BCUT2D eigenvalue weighted by Crippen LogP contribution is -2.19. The number of rotatable bonds is 13. The molecule has 1 unspecified atom stereocenters. The quantitative estimate of drug-likeness (QED) is 0.239. The minimum atomic E-state index is -5.50. The van der Waals surface area contributed by atoms with E-state index in [1.165, 1.54) is 24.3 Å². The molecular formula is C22H32O9S3. The molecule has 0 radical (unpaired) electrons. The van der Waals surface area contributed by atoms with Crippen molar-refractivity contribution in [2.24, 2.45) is 5.92 Å². The highest BCUT2D eigenvalue weighted by Crippen LogP contribution is 2.40. The predicted molar refractivity (Wildman–Crippen MR) is 129 cm³/mol. The molecule has 34 heavy (non-hydrogen) atoms. The zero-order chi connectivity index (χ0) is 25.7. The summed E-state index contributed by atoms with van der Waals surface area (Å²) in [4.78, 5) is -4.03. The minimum absolute atomic E-state index is 0.0377. The normalized spacial score (nSPS) is 13.9. The molecule has 192 valence electrons. The Labute approximate surface area is 201 Å². The fourth-order valence-corrected chi connectivity index (χ4v) is 8.05. The summed E-state index contributed by atoms with van der Waals surface area (Å²) in [5.74, 6) is -0.0773. The van der Waals surface area contributed by atoms with Crippen molar-refractivity contribution in [1.29, 1.82) is 0 Å². The van der Waals surface area contributed by atoms with Crippen LogP contribution in [0.4, 0.5) is 0 Å². The van der Waals surface area contributed by atoms with E-state index >= 15 is 0 Å². The lowest BCUT2D eigenvalue weighted by Gasteiger charge is -2.22. The molecule has 2 rings (SSSR count). The first-order valence-electron chi connectivity index (χ1n) is 11.2. The molecule has 0 aliphatic carbocycles. The van der Waals surface area contributed by atoms with E-state index in [9.17, 15) is 38.9 Å². The second kappa shape index (κ2) is 11.4. The molecule has 0 aliphatic rings. The van der Waals surface area contributed by atoms with Crippen LogP contribution in [0.25, 0.3) is 10.8 Å². The van der Waals surface area contributed by atoms with Gasteiger partial charge in [0, 0.05) is 5.39 Å². The Bertz CT molecular complexity index is 1330. The lowest BCUT2D eigenvalue weighted by molar-refractivity contribution is 0.406. The first kappa shape index (κ1) is 28.7. The van der Waals surface area contributed by atoms with Gasteiger partial charge in [0.1, 0.15) is 14.7 Å². The smallest absolute Gasteiger partial charge is 0.282 e. The van der Waals surface area contributed by atoms with Crippen molar-refractivity contribution in [3.63, 3.8) is 0 Å². The molecule has 2 aromatic carbocycles. The van der Waals surface area contributed by atoms with E-state index in [1.54, 1.807) is 0 Å². The standard InChI is InChI=1S/C22H32O9S3/c1-3-5-7-8-12-16(11-6-4-2)15-19-17-13-9-10-14-18(17)20(32(23,24)25)22(34(29,30)31)21(19)33(26,27)28/h9-10,13-14,16H,3-8,11-12,15H2,1-2H3,(H,23,24,25)(H,26,27,28)(H,29,30,31). The van der Waals surface area contributed by atoms with Crippen molar-refractivity contribution >= 4 is 41.1 Å². The molecule has 0 spiro atoms. The summed E-state index contributed by atoms with van der Waals surface area (Å²) in [6.45, 7) is 4.08. The van der Waals surface area contributed by atoms with Crippen molar-refractivity contribution in [3.05, 3.63) is 29.8 Å². The van der Waals surface area contributed by atoms with Crippen LogP contribution in [0.2, 0.25) is 0 Å². The van der Waals surface area contributed by atoms with Crippen LogP contribution in [0.5, 0.6) is 0 Å². The van der Waals surface area contributed by atoms with Crippen LogP contribution in [0.1, 0.15) is 70.8 Å². The largest absolute Gasteiger partial charge is 0.297 e. The molecule has 0 heterocycles. The van der Waals surface area contributed by atoms with Crippen LogP contribution in [0, 0.1) is 5.92 Å². The maximum atomic E-state index is 12.4. The van der Waals surface area contributed by atoms with Gasteiger partial charge < -0.3 is 0 Å². The van der Waals surface area contributed by atoms with Crippen molar-refractivity contribution in [1.82, 2.24) is 0 Å². The van der Waals surface area contributed by atoms with Gasteiger partial charge in [0.15, 0.2) is 0 Å². The summed E-state index contributed by atoms with van der Waals surface area (Å²) < 4.78 is 103. The van der Waals surface area contributed by atoms with E-state index < -0.39 is 45.0 Å². The van der Waals surface area contributed by atoms with Crippen molar-refractivity contribution < 1.29 is 38.9 Å². The Morgan fingerprint density at radius 3 is 1.65 bits per heavy atom. The zero-order valence-electron chi connectivity index (χ0n) is 19.3. The monoisotopic (exact) mass is 536 g/mol. The summed E-state index contributed by atoms with van der Waals surface area (Å²) in [7, 11) is -16.2. The van der Waals surface area contributed by atoms with E-state index in [0.29, 0.717) is 6.42 Å². The topological polar surface area (TPSA) is 163 Å². The third-order valence-corrected chi connectivity index (χ3v) is 8.97. The Morgan fingerprint density at radius 1 is 0.647 bits per heavy atom. The molecule has 0 bridgehead atoms. The van der Waals surface area contributed by atoms with Crippen LogP contribution >= 0.6 is 0 Å². The van der Waals surface area contributed by atoms with E-state index in [2.05, 4.69) is 6.92 Å². The van der Waals surface area contributed by atoms with Crippen LogP contribution in [-0.2, 0) is 36.8 Å². The average Bonchev–Trinajstić information content (AvgIpc) is 2.71. The molecule has 0 aromatic heterocycles. The molecule has 12 heteroatoms. The van der Waals surface area contributed by atoms with E-state index in [-0.39, 0.29) is 28.7 Å². The maximum absolute atomic E-state index is 12.4. The molecule has 3 N–H and O–H groups in total. The van der Waals surface area contributed by atoms with Gasteiger partial charge in [0.25, 0.3) is 30.4 Å². The predicted octanol–water partition coefficient (Wildman–Crippen LogP) is 4.90. The highest BCUT2D eigenvalue weighted by Gasteiger charge is 2.37. The second-order valence-electron chi connectivity index (χ2n) is 8.50. The van der Waals surface area contributed by atoms with Crippen molar-refractivity contribution in [2.75, 3.05) is 0 Å². The summed E-state index contributed by atoms with van der Waals surface area (Å²) >= 11 is 0. The van der Waals surface area contributed by atoms with E-state index in [0.717, 1.165) is 44.9 Å². The molecule has 0 saturated carbocycles. The van der Waals surface area contributed by atoms with Gasteiger partial charge in [-0.3, -0.25) is 13.7 Å². The van der Waals surface area contributed by atoms with Gasteiger partial charge in [-0.05, 0) is 23.3 Å². The Balaban J connectivity index is 2.92. The molecule has 9 nitrogen and oxygen atoms in total. The van der Waals surface area contributed by atoms with Gasteiger partial charge in [-0.2, -0.15) is 25.3 Å². The zero-order valence-corrected chi connectivity index (χ0v) is 21.7. The summed E-state index contributed by atoms with van der Waals surface area (Å²) in [5, 5.41) is -0.203. The highest BCUT2D eigenvalue weighted by molar-refractivity contribution is 7.90. The number of unbranched alkanes of at least 4 members (excludes halogenated alkanes) is 4. The molecule has 0 saturated heterocycles. The first-order chi connectivity index (χ1) is 15.7. The second-order valence-corrected chi connectivity index (χ2v) is 12.6. The lowest BCUT2D eigenvalue weighted by atomic mass is 9.87. The summed E-state index contributed by atoms with van der Waals surface area (Å²) in [6, 6.07) is 5.51. The Morgan fingerprint density at radius 2 is 1.15 bits per heavy atom. The van der Waals surface area contributed by atoms with Crippen molar-refractivity contribution in [3.8, 4) is 0 Å². The average molecular weight is 537 g/mol. The van der Waals surface area contributed by atoms with Crippen molar-refractivity contribution in [2.45, 2.75) is 86.3 Å². The molecular weight excluding hydrogens is 504 g/mol. The molecule has 0 aliphatic heterocycles. The van der Waals surface area contributed by atoms with Crippen LogP contribution < -0.4 is 0 Å². The van der Waals surface area contributed by atoms with E-state index in [4.69, 9.17) is 0 Å². The Hall–Kier alpha value is -1.57. The molecule has 0 amide bonds. The van der Waals surface area contributed by atoms with Gasteiger partial charge in [-0.25, -0.2) is 0 Å². The van der Waals surface area contributed by atoms with Gasteiger partial charge in [0.05, 0.1) is 0 Å². The van der Waals surface area contributed by atoms with Crippen LogP contribution in [-0.4, -0.2) is 38.9 Å². The first-order valence-corrected chi connectivity index (χ1v) is 15.6. The fraction of sp³-hybridized carbons (Fsp3) is 0.545. The summed E-state index contributed by atoms with van der Waals surface area (Å²) in [6.07, 6.45) is 7.11. The van der Waals surface area contributed by atoms with Gasteiger partial charge >= 0.3 is 0 Å². The van der Waals surface area contributed by atoms with Gasteiger partial charge in [0.2, 0.25) is 0 Å². The molecule has 2 aromatic rings. The maximum Gasteiger partial charge on any atom is 0.297 e. The van der Waals surface area contributed by atoms with Crippen LogP contribution in [0.15, 0.2) is 39.0 Å². The van der Waals surface area contributed by atoms with Crippen LogP contribution in [0.3, 0.4) is 0 Å². The van der Waals surface area contributed by atoms with Gasteiger partial charge in [-0.1, -0.05) is 89.5 Å². The SMILES string of the molecule is CCCCCCC(CCCC)Cc1c(S(=O)(=O)O)c(S(=O)(=O)O)c(S(=O)(=O)O)c2ccccc12.